The van der Waals surface area contributed by atoms with E-state index in [9.17, 15) is 0 Å². The van der Waals surface area contributed by atoms with Crippen LogP contribution in [-0.2, 0) is 11.8 Å². The highest BCUT2D eigenvalue weighted by molar-refractivity contribution is 5.13. The summed E-state index contributed by atoms with van der Waals surface area (Å²) in [6.45, 7) is 1.76. The third kappa shape index (κ3) is 1.09. The normalized spacial score (nSPS) is 36.9. The van der Waals surface area contributed by atoms with Crippen molar-refractivity contribution in [3.05, 3.63) is 11.9 Å². The Hall–Kier alpha value is -0.940. The smallest absolute Gasteiger partial charge is 0.0997 e. The maximum absolute atomic E-state index is 6.13. The summed E-state index contributed by atoms with van der Waals surface area (Å²) in [6.07, 6.45) is 1.90. The summed E-state index contributed by atoms with van der Waals surface area (Å²) < 4.78 is 7.03. The summed E-state index contributed by atoms with van der Waals surface area (Å²) in [5, 5.41) is 7.95. The van der Waals surface area contributed by atoms with Crippen LogP contribution < -0.4 is 5.73 Å². The minimum absolute atomic E-state index is 0.0441. The molecule has 3 atom stereocenters. The van der Waals surface area contributed by atoms with Crippen LogP contribution in [0.15, 0.2) is 6.20 Å². The number of nitrogens with zero attached hydrogens (tertiary/aromatic N) is 3. The van der Waals surface area contributed by atoms with Crippen LogP contribution in [0.25, 0.3) is 0 Å². The Labute approximate surface area is 82.2 Å². The lowest BCUT2D eigenvalue weighted by molar-refractivity contribution is 0.146. The monoisotopic (exact) mass is 194 g/mol. The minimum atomic E-state index is 0.0441. The Bertz CT molecular complexity index is 340. The largest absolute Gasteiger partial charge is 0.381 e. The molecule has 2 N–H and O–H groups in total. The van der Waals surface area contributed by atoms with E-state index in [-0.39, 0.29) is 6.04 Å². The van der Waals surface area contributed by atoms with Gasteiger partial charge in [0.2, 0.25) is 0 Å². The van der Waals surface area contributed by atoms with Crippen molar-refractivity contribution >= 4 is 0 Å². The van der Waals surface area contributed by atoms with Gasteiger partial charge < -0.3 is 10.5 Å². The molecule has 0 aromatic carbocycles. The molecule has 2 heterocycles. The lowest BCUT2D eigenvalue weighted by Crippen LogP contribution is -2.17. The molecule has 2 fully saturated rings. The van der Waals surface area contributed by atoms with Crippen molar-refractivity contribution < 1.29 is 4.74 Å². The molecule has 14 heavy (non-hydrogen) atoms. The summed E-state index contributed by atoms with van der Waals surface area (Å²) in [5.41, 5.74) is 7.04. The van der Waals surface area contributed by atoms with E-state index in [2.05, 4.69) is 10.3 Å². The van der Waals surface area contributed by atoms with Gasteiger partial charge in [0.25, 0.3) is 0 Å². The van der Waals surface area contributed by atoms with Crippen molar-refractivity contribution in [2.24, 2.45) is 30.5 Å². The summed E-state index contributed by atoms with van der Waals surface area (Å²) in [7, 11) is 1.86. The van der Waals surface area contributed by atoms with Crippen LogP contribution in [0.5, 0.6) is 0 Å². The molecule has 5 heteroatoms. The van der Waals surface area contributed by atoms with Gasteiger partial charge in [-0.05, 0) is 17.8 Å². The molecule has 1 aromatic heterocycles. The Morgan fingerprint density at radius 3 is 2.86 bits per heavy atom. The predicted octanol–water partition coefficient (Wildman–Crippen LogP) is -0.293. The second kappa shape index (κ2) is 2.77. The molecule has 0 radical (unpaired) electrons. The van der Waals surface area contributed by atoms with E-state index >= 15 is 0 Å². The van der Waals surface area contributed by atoms with Crippen LogP contribution >= 0.6 is 0 Å². The van der Waals surface area contributed by atoms with Crippen LogP contribution in [0, 0.1) is 17.8 Å². The van der Waals surface area contributed by atoms with Crippen LogP contribution in [-0.4, -0.2) is 28.2 Å². The maximum Gasteiger partial charge on any atom is 0.0997 e. The summed E-state index contributed by atoms with van der Waals surface area (Å²) >= 11 is 0. The predicted molar refractivity (Wildman–Crippen MR) is 49.2 cm³/mol. The van der Waals surface area contributed by atoms with E-state index in [0.717, 1.165) is 18.9 Å². The van der Waals surface area contributed by atoms with E-state index in [1.54, 1.807) is 4.68 Å². The molecular weight excluding hydrogens is 180 g/mol. The van der Waals surface area contributed by atoms with E-state index in [1.165, 1.54) is 0 Å². The molecule has 0 spiro atoms. The van der Waals surface area contributed by atoms with Gasteiger partial charge >= 0.3 is 0 Å². The molecule has 5 nitrogen and oxygen atoms in total. The lowest BCUT2D eigenvalue weighted by Gasteiger charge is -2.09. The fraction of sp³-hybridized carbons (Fsp3) is 0.778. The molecule has 76 valence electrons. The third-order valence-electron chi connectivity index (χ3n) is 3.40. The number of rotatable bonds is 2. The molecule has 1 aliphatic carbocycles. The average Bonchev–Trinajstić information content (AvgIpc) is 2.56. The van der Waals surface area contributed by atoms with Crippen LogP contribution in [0.1, 0.15) is 11.7 Å². The first-order chi connectivity index (χ1) is 6.77. The maximum atomic E-state index is 6.13. The highest BCUT2D eigenvalue weighted by Gasteiger charge is 2.57. The fourth-order valence-corrected chi connectivity index (χ4v) is 2.53. The zero-order valence-electron chi connectivity index (χ0n) is 8.13. The van der Waals surface area contributed by atoms with Gasteiger partial charge in [0.05, 0.1) is 24.9 Å². The molecule has 0 amide bonds. The summed E-state index contributed by atoms with van der Waals surface area (Å²) in [5.74, 6) is 1.92. The van der Waals surface area contributed by atoms with Gasteiger partial charge in [0, 0.05) is 13.2 Å². The first-order valence-corrected chi connectivity index (χ1v) is 4.97. The van der Waals surface area contributed by atoms with Crippen molar-refractivity contribution in [3.8, 4) is 0 Å². The number of aryl methyl sites for hydroxylation is 1. The molecule has 1 saturated carbocycles. The quantitative estimate of drug-likeness (QED) is 0.702. The number of hydrogen-bond acceptors (Lipinski definition) is 4. The van der Waals surface area contributed by atoms with Crippen molar-refractivity contribution in [2.75, 3.05) is 13.2 Å². The Kier molecular flexibility index (Phi) is 1.66. The number of fused-ring (bicyclic) bond motifs is 1. The van der Waals surface area contributed by atoms with Crippen LogP contribution in [0.2, 0.25) is 0 Å². The van der Waals surface area contributed by atoms with Crippen molar-refractivity contribution in [1.29, 1.82) is 0 Å². The van der Waals surface area contributed by atoms with Gasteiger partial charge in [0.1, 0.15) is 0 Å². The van der Waals surface area contributed by atoms with Crippen LogP contribution in [0.3, 0.4) is 0 Å². The lowest BCUT2D eigenvalue weighted by atomic mass is 10.1. The standard InChI is InChI=1S/C9H14N4O/c1-13-2-7(11-12-13)9(10)8-5-3-14-4-6(5)8/h2,5-6,8-9H,3-4,10H2,1H3. The van der Waals surface area contributed by atoms with Gasteiger partial charge in [-0.2, -0.15) is 0 Å². The van der Waals surface area contributed by atoms with Crippen molar-refractivity contribution in [2.45, 2.75) is 6.04 Å². The SMILES string of the molecule is Cn1cc(C(N)C2C3COCC32)nn1. The minimum Gasteiger partial charge on any atom is -0.381 e. The van der Waals surface area contributed by atoms with E-state index in [1.807, 2.05) is 13.2 Å². The van der Waals surface area contributed by atoms with Gasteiger partial charge in [-0.15, -0.1) is 5.10 Å². The number of hydrogen-bond donors (Lipinski definition) is 1. The number of aromatic nitrogens is 3. The Balaban J connectivity index is 1.75. The van der Waals surface area contributed by atoms with E-state index in [4.69, 9.17) is 10.5 Å². The first-order valence-electron chi connectivity index (χ1n) is 4.97. The second-order valence-electron chi connectivity index (χ2n) is 4.29. The van der Waals surface area contributed by atoms with E-state index < -0.39 is 0 Å². The van der Waals surface area contributed by atoms with Gasteiger partial charge in [0.15, 0.2) is 0 Å². The molecule has 3 rings (SSSR count). The average molecular weight is 194 g/mol. The van der Waals surface area contributed by atoms with Gasteiger partial charge in [-0.1, -0.05) is 5.21 Å². The van der Waals surface area contributed by atoms with Gasteiger partial charge in [-0.3, -0.25) is 4.68 Å². The molecule has 2 aliphatic rings. The Morgan fingerprint density at radius 1 is 1.57 bits per heavy atom. The molecule has 1 aromatic rings. The summed E-state index contributed by atoms with van der Waals surface area (Å²) in [6, 6.07) is 0.0441. The molecular formula is C9H14N4O. The molecule has 1 aliphatic heterocycles. The second-order valence-corrected chi connectivity index (χ2v) is 4.29. The highest BCUT2D eigenvalue weighted by atomic mass is 16.5. The van der Waals surface area contributed by atoms with Crippen LogP contribution in [0.4, 0.5) is 0 Å². The molecule has 1 saturated heterocycles. The van der Waals surface area contributed by atoms with Gasteiger partial charge in [-0.25, -0.2) is 0 Å². The molecule has 3 unspecified atom stereocenters. The number of ether oxygens (including phenoxy) is 1. The fourth-order valence-electron chi connectivity index (χ4n) is 2.53. The summed E-state index contributed by atoms with van der Waals surface area (Å²) in [4.78, 5) is 0. The highest BCUT2D eigenvalue weighted by Crippen LogP contribution is 2.55. The zero-order valence-corrected chi connectivity index (χ0v) is 8.13. The van der Waals surface area contributed by atoms with Crippen molar-refractivity contribution in [3.63, 3.8) is 0 Å². The zero-order chi connectivity index (χ0) is 9.71. The Morgan fingerprint density at radius 2 is 2.29 bits per heavy atom. The first kappa shape index (κ1) is 8.38. The molecule has 0 bridgehead atoms. The topological polar surface area (TPSA) is 66.0 Å². The third-order valence-corrected chi connectivity index (χ3v) is 3.40. The van der Waals surface area contributed by atoms with E-state index in [0.29, 0.717) is 17.8 Å². The number of nitrogens with two attached hydrogens (primary N) is 1. The van der Waals surface area contributed by atoms with Crippen molar-refractivity contribution in [1.82, 2.24) is 15.0 Å².